The minimum atomic E-state index is -4.53. The Kier molecular flexibility index (Phi) is 4.89. The van der Waals surface area contributed by atoms with Crippen molar-refractivity contribution in [3.8, 4) is 11.4 Å². The smallest absolute Gasteiger partial charge is 0.433 e. The monoisotopic (exact) mass is 327 g/mol. The Morgan fingerprint density at radius 1 is 1.26 bits per heavy atom. The summed E-state index contributed by atoms with van der Waals surface area (Å²) >= 11 is 0. The molecule has 0 amide bonds. The molecule has 0 aromatic carbocycles. The highest BCUT2D eigenvalue weighted by atomic mass is 19.4. The first-order valence-corrected chi connectivity index (χ1v) is 6.44. The molecule has 122 valence electrons. The lowest BCUT2D eigenvalue weighted by molar-refractivity contribution is -0.141. The molecule has 2 aromatic rings. The number of nitrogens with zero attached hydrogens (tertiary/aromatic N) is 3. The number of alkyl halides is 3. The molecular formula is C14H12F3N3O3. The van der Waals surface area contributed by atoms with Crippen LogP contribution in [0.3, 0.4) is 0 Å². The van der Waals surface area contributed by atoms with Crippen LogP contribution in [0.15, 0.2) is 24.5 Å². The molecule has 0 aliphatic carbocycles. The van der Waals surface area contributed by atoms with Gasteiger partial charge in [0.1, 0.15) is 5.69 Å². The summed E-state index contributed by atoms with van der Waals surface area (Å²) in [6.07, 6.45) is -2.18. The van der Waals surface area contributed by atoms with Crippen molar-refractivity contribution in [3.05, 3.63) is 41.5 Å². The topological polar surface area (TPSA) is 85.2 Å². The summed E-state index contributed by atoms with van der Waals surface area (Å²) in [6.45, 7) is 0.252. The average Bonchev–Trinajstić information content (AvgIpc) is 2.51. The molecule has 6 nitrogen and oxygen atoms in total. The Morgan fingerprint density at radius 2 is 2.00 bits per heavy atom. The molecule has 0 atom stereocenters. The minimum Gasteiger partial charge on any atom is -0.478 e. The van der Waals surface area contributed by atoms with Crippen LogP contribution in [0.25, 0.3) is 11.4 Å². The lowest BCUT2D eigenvalue weighted by atomic mass is 10.1. The van der Waals surface area contributed by atoms with Gasteiger partial charge in [0.2, 0.25) is 0 Å². The Labute approximate surface area is 129 Å². The van der Waals surface area contributed by atoms with Gasteiger partial charge in [-0.2, -0.15) is 13.2 Å². The summed E-state index contributed by atoms with van der Waals surface area (Å²) in [5.41, 5.74) is -0.605. The number of carbonyl (C=O) groups is 1. The number of aromatic carboxylic acids is 1. The number of pyridine rings is 1. The van der Waals surface area contributed by atoms with Gasteiger partial charge in [-0.25, -0.2) is 14.8 Å². The molecule has 9 heteroatoms. The van der Waals surface area contributed by atoms with Crippen molar-refractivity contribution in [3.63, 3.8) is 0 Å². The van der Waals surface area contributed by atoms with Gasteiger partial charge < -0.3 is 9.84 Å². The number of hydrogen-bond donors (Lipinski definition) is 1. The SMILES string of the molecule is COCCc1nc(-c2ccc(C(F)(F)F)nc2)ncc1C(=O)O. The molecule has 23 heavy (non-hydrogen) atoms. The molecule has 2 heterocycles. The molecular weight excluding hydrogens is 315 g/mol. The van der Waals surface area contributed by atoms with Crippen molar-refractivity contribution in [2.45, 2.75) is 12.6 Å². The number of methoxy groups -OCH3 is 1. The van der Waals surface area contributed by atoms with Crippen LogP contribution in [-0.4, -0.2) is 39.7 Å². The van der Waals surface area contributed by atoms with E-state index in [1.54, 1.807) is 0 Å². The number of aromatic nitrogens is 3. The maximum absolute atomic E-state index is 12.5. The van der Waals surface area contributed by atoms with Crippen LogP contribution >= 0.6 is 0 Å². The molecule has 0 fully saturated rings. The number of carboxylic acid groups (broad SMARTS) is 1. The first kappa shape index (κ1) is 16.8. The molecule has 0 radical (unpaired) electrons. The van der Waals surface area contributed by atoms with Crippen molar-refractivity contribution in [1.29, 1.82) is 0 Å². The van der Waals surface area contributed by atoms with E-state index in [4.69, 9.17) is 9.84 Å². The van der Waals surface area contributed by atoms with E-state index >= 15 is 0 Å². The van der Waals surface area contributed by atoms with E-state index in [1.807, 2.05) is 0 Å². The molecule has 0 aliphatic heterocycles. The second kappa shape index (κ2) is 6.69. The van der Waals surface area contributed by atoms with Crippen molar-refractivity contribution in [2.75, 3.05) is 13.7 Å². The summed E-state index contributed by atoms with van der Waals surface area (Å²) in [6, 6.07) is 2.00. The largest absolute Gasteiger partial charge is 0.478 e. The molecule has 2 rings (SSSR count). The normalized spacial score (nSPS) is 11.5. The molecule has 0 saturated heterocycles. The fraction of sp³-hybridized carbons (Fsp3) is 0.286. The Hall–Kier alpha value is -2.55. The van der Waals surface area contributed by atoms with Crippen LogP contribution in [-0.2, 0) is 17.3 Å². The van der Waals surface area contributed by atoms with Crippen molar-refractivity contribution in [1.82, 2.24) is 15.0 Å². The van der Waals surface area contributed by atoms with Crippen LogP contribution in [0.1, 0.15) is 21.7 Å². The first-order valence-electron chi connectivity index (χ1n) is 6.44. The van der Waals surface area contributed by atoms with Gasteiger partial charge in [-0.15, -0.1) is 0 Å². The molecule has 0 bridgehead atoms. The summed E-state index contributed by atoms with van der Waals surface area (Å²) < 4.78 is 42.4. The molecule has 1 N–H and O–H groups in total. The van der Waals surface area contributed by atoms with E-state index in [2.05, 4.69) is 15.0 Å². The number of halogens is 3. The fourth-order valence-corrected chi connectivity index (χ4v) is 1.82. The van der Waals surface area contributed by atoms with E-state index in [1.165, 1.54) is 13.2 Å². The number of hydrogen-bond acceptors (Lipinski definition) is 5. The van der Waals surface area contributed by atoms with Crippen LogP contribution in [0, 0.1) is 0 Å². The number of ether oxygens (including phenoxy) is 1. The van der Waals surface area contributed by atoms with Gasteiger partial charge in [0.25, 0.3) is 0 Å². The lowest BCUT2D eigenvalue weighted by Gasteiger charge is -2.08. The summed E-state index contributed by atoms with van der Waals surface area (Å²) in [5.74, 6) is -1.09. The van der Waals surface area contributed by atoms with Gasteiger partial charge in [0.05, 0.1) is 17.9 Å². The van der Waals surface area contributed by atoms with E-state index in [-0.39, 0.29) is 35.7 Å². The van der Waals surface area contributed by atoms with Gasteiger partial charge in [0.15, 0.2) is 5.82 Å². The van der Waals surface area contributed by atoms with Gasteiger partial charge in [0, 0.05) is 31.5 Å². The zero-order valence-corrected chi connectivity index (χ0v) is 12.0. The van der Waals surface area contributed by atoms with Crippen LogP contribution < -0.4 is 0 Å². The van der Waals surface area contributed by atoms with Crippen molar-refractivity contribution < 1.29 is 27.8 Å². The molecule has 0 aliphatic rings. The predicted octanol–water partition coefficient (Wildman–Crippen LogP) is 2.44. The van der Waals surface area contributed by atoms with Gasteiger partial charge >= 0.3 is 12.1 Å². The first-order chi connectivity index (χ1) is 10.8. The highest BCUT2D eigenvalue weighted by Gasteiger charge is 2.32. The third-order valence-electron chi connectivity index (χ3n) is 2.95. The standard InChI is InChI=1S/C14H12F3N3O3/c1-23-5-4-10-9(13(21)22)7-19-12(20-10)8-2-3-11(18-6-8)14(15,16)17/h2-3,6-7H,4-5H2,1H3,(H,21,22). The van der Waals surface area contributed by atoms with Gasteiger partial charge in [-0.1, -0.05) is 0 Å². The molecule has 0 unspecified atom stereocenters. The zero-order valence-electron chi connectivity index (χ0n) is 12.0. The van der Waals surface area contributed by atoms with E-state index < -0.39 is 17.8 Å². The lowest BCUT2D eigenvalue weighted by Crippen LogP contribution is -2.10. The maximum atomic E-state index is 12.5. The zero-order chi connectivity index (χ0) is 17.0. The highest BCUT2D eigenvalue weighted by Crippen LogP contribution is 2.28. The number of carboxylic acids is 1. The van der Waals surface area contributed by atoms with Crippen LogP contribution in [0.5, 0.6) is 0 Å². The average molecular weight is 327 g/mol. The highest BCUT2D eigenvalue weighted by molar-refractivity contribution is 5.88. The van der Waals surface area contributed by atoms with E-state index in [9.17, 15) is 18.0 Å². The van der Waals surface area contributed by atoms with Crippen molar-refractivity contribution >= 4 is 5.97 Å². The van der Waals surface area contributed by atoms with E-state index in [0.717, 1.165) is 18.5 Å². The predicted molar refractivity (Wildman–Crippen MR) is 72.8 cm³/mol. The molecule has 2 aromatic heterocycles. The van der Waals surface area contributed by atoms with Gasteiger partial charge in [-0.05, 0) is 12.1 Å². The minimum absolute atomic E-state index is 0.0781. The second-order valence-corrected chi connectivity index (χ2v) is 4.53. The number of rotatable bonds is 5. The Bertz CT molecular complexity index is 703. The second-order valence-electron chi connectivity index (χ2n) is 4.53. The van der Waals surface area contributed by atoms with Crippen LogP contribution in [0.2, 0.25) is 0 Å². The quantitative estimate of drug-likeness (QED) is 0.908. The summed E-state index contributed by atoms with van der Waals surface area (Å²) in [7, 11) is 1.46. The molecule has 0 spiro atoms. The Balaban J connectivity index is 2.37. The molecule has 0 saturated carbocycles. The third kappa shape index (κ3) is 4.01. The summed E-state index contributed by atoms with van der Waals surface area (Å²) in [5, 5.41) is 9.09. The van der Waals surface area contributed by atoms with Gasteiger partial charge in [-0.3, -0.25) is 4.98 Å². The third-order valence-corrected chi connectivity index (χ3v) is 2.95. The fourth-order valence-electron chi connectivity index (χ4n) is 1.82. The Morgan fingerprint density at radius 3 is 2.52 bits per heavy atom. The van der Waals surface area contributed by atoms with E-state index in [0.29, 0.717) is 0 Å². The summed E-state index contributed by atoms with van der Waals surface area (Å²) in [4.78, 5) is 22.4. The maximum Gasteiger partial charge on any atom is 0.433 e. The van der Waals surface area contributed by atoms with Crippen LogP contribution in [0.4, 0.5) is 13.2 Å². The van der Waals surface area contributed by atoms with Crippen molar-refractivity contribution in [2.24, 2.45) is 0 Å².